The molecular formula is C11H19BrN4. The molecule has 16 heavy (non-hydrogen) atoms. The number of aromatic nitrogens is 3. The fraction of sp³-hybridized carbons (Fsp3) is 0.818. The molecule has 1 aliphatic carbocycles. The molecule has 5 heteroatoms. The number of halogens is 1. The van der Waals surface area contributed by atoms with Gasteiger partial charge in [-0.15, -0.1) is 5.10 Å². The lowest BCUT2D eigenvalue weighted by atomic mass is 9.98. The van der Waals surface area contributed by atoms with Gasteiger partial charge in [0.2, 0.25) is 0 Å². The molecule has 1 aromatic rings. The summed E-state index contributed by atoms with van der Waals surface area (Å²) in [6.45, 7) is 0. The zero-order valence-electron chi connectivity index (χ0n) is 9.69. The van der Waals surface area contributed by atoms with Gasteiger partial charge >= 0.3 is 0 Å². The molecule has 4 nitrogen and oxygen atoms in total. The molecule has 1 fully saturated rings. The fourth-order valence-electron chi connectivity index (χ4n) is 2.58. The summed E-state index contributed by atoms with van der Waals surface area (Å²) in [5.74, 6) is 0.894. The van der Waals surface area contributed by atoms with Crippen LogP contribution in [0.5, 0.6) is 0 Å². The number of nitrogens with two attached hydrogens (primary N) is 1. The van der Waals surface area contributed by atoms with Crippen LogP contribution in [-0.4, -0.2) is 15.0 Å². The highest BCUT2D eigenvalue weighted by atomic mass is 79.9. The Kier molecular flexibility index (Phi) is 3.97. The summed E-state index contributed by atoms with van der Waals surface area (Å²) in [6.07, 6.45) is 7.84. The molecule has 90 valence electrons. The van der Waals surface area contributed by atoms with Crippen LogP contribution in [0.25, 0.3) is 0 Å². The average molecular weight is 287 g/mol. The second-order valence-corrected chi connectivity index (χ2v) is 5.47. The van der Waals surface area contributed by atoms with E-state index in [9.17, 15) is 0 Å². The van der Waals surface area contributed by atoms with Gasteiger partial charge in [0.15, 0.2) is 4.60 Å². The number of aryl methyl sites for hydroxylation is 1. The van der Waals surface area contributed by atoms with Crippen molar-refractivity contribution >= 4 is 15.9 Å². The van der Waals surface area contributed by atoms with Gasteiger partial charge in [-0.2, -0.15) is 0 Å². The van der Waals surface area contributed by atoms with Crippen LogP contribution in [0.3, 0.4) is 0 Å². The van der Waals surface area contributed by atoms with Crippen molar-refractivity contribution in [2.24, 2.45) is 18.7 Å². The quantitative estimate of drug-likeness (QED) is 0.925. The lowest BCUT2D eigenvalue weighted by Gasteiger charge is -2.14. The van der Waals surface area contributed by atoms with Crippen molar-refractivity contribution in [2.45, 2.75) is 44.6 Å². The minimum Gasteiger partial charge on any atom is -0.323 e. The lowest BCUT2D eigenvalue weighted by Crippen LogP contribution is -2.16. The van der Waals surface area contributed by atoms with E-state index < -0.39 is 0 Å². The maximum atomic E-state index is 6.19. The third kappa shape index (κ3) is 2.63. The van der Waals surface area contributed by atoms with Crippen molar-refractivity contribution in [1.29, 1.82) is 0 Å². The van der Waals surface area contributed by atoms with Crippen LogP contribution >= 0.6 is 15.9 Å². The highest BCUT2D eigenvalue weighted by Crippen LogP contribution is 2.31. The van der Waals surface area contributed by atoms with Crippen LogP contribution in [0.2, 0.25) is 0 Å². The SMILES string of the molecule is Cn1nnc(Br)c1C(N)CCC1CCCC1. The Morgan fingerprint density at radius 2 is 2.19 bits per heavy atom. The lowest BCUT2D eigenvalue weighted by molar-refractivity contribution is 0.443. The largest absolute Gasteiger partial charge is 0.323 e. The fourth-order valence-corrected chi connectivity index (χ4v) is 3.20. The number of hydrogen-bond donors (Lipinski definition) is 1. The molecule has 2 N–H and O–H groups in total. The molecule has 2 rings (SSSR count). The molecule has 0 spiro atoms. The van der Waals surface area contributed by atoms with E-state index in [4.69, 9.17) is 5.73 Å². The van der Waals surface area contributed by atoms with E-state index in [-0.39, 0.29) is 6.04 Å². The van der Waals surface area contributed by atoms with Crippen molar-refractivity contribution < 1.29 is 0 Å². The minimum absolute atomic E-state index is 0.0509. The monoisotopic (exact) mass is 286 g/mol. The van der Waals surface area contributed by atoms with Crippen LogP contribution in [0, 0.1) is 5.92 Å². The van der Waals surface area contributed by atoms with Crippen molar-refractivity contribution in [3.05, 3.63) is 10.3 Å². The van der Waals surface area contributed by atoms with Crippen molar-refractivity contribution in [2.75, 3.05) is 0 Å². The molecule has 0 amide bonds. The third-order valence-corrected chi connectivity index (χ3v) is 4.10. The number of nitrogens with zero attached hydrogens (tertiary/aromatic N) is 3. The average Bonchev–Trinajstić information content (AvgIpc) is 2.86. The van der Waals surface area contributed by atoms with E-state index in [1.807, 2.05) is 7.05 Å². The van der Waals surface area contributed by atoms with Gasteiger partial charge in [-0.25, -0.2) is 4.68 Å². The van der Waals surface area contributed by atoms with Crippen molar-refractivity contribution in [3.63, 3.8) is 0 Å². The summed E-state index contributed by atoms with van der Waals surface area (Å²) >= 11 is 3.40. The Morgan fingerprint density at radius 1 is 1.50 bits per heavy atom. The van der Waals surface area contributed by atoms with Crippen LogP contribution in [0.1, 0.15) is 50.3 Å². The number of rotatable bonds is 4. The predicted molar refractivity (Wildman–Crippen MR) is 66.8 cm³/mol. The van der Waals surface area contributed by atoms with E-state index >= 15 is 0 Å². The Balaban J connectivity index is 1.89. The zero-order valence-corrected chi connectivity index (χ0v) is 11.3. The van der Waals surface area contributed by atoms with Gasteiger partial charge in [-0.05, 0) is 34.7 Å². The molecule has 1 unspecified atom stereocenters. The van der Waals surface area contributed by atoms with Crippen molar-refractivity contribution in [1.82, 2.24) is 15.0 Å². The zero-order chi connectivity index (χ0) is 11.5. The van der Waals surface area contributed by atoms with E-state index in [0.29, 0.717) is 0 Å². The summed E-state index contributed by atoms with van der Waals surface area (Å²) in [5.41, 5.74) is 7.20. The normalized spacial score (nSPS) is 19.2. The standard InChI is InChI=1S/C11H19BrN4/c1-16-10(11(12)14-15-16)9(13)7-6-8-4-2-3-5-8/h8-9H,2-7,13H2,1H3. The molecule has 1 aliphatic rings. The highest BCUT2D eigenvalue weighted by molar-refractivity contribution is 9.10. The summed E-state index contributed by atoms with van der Waals surface area (Å²) in [7, 11) is 1.89. The topological polar surface area (TPSA) is 56.7 Å². The van der Waals surface area contributed by atoms with Crippen LogP contribution < -0.4 is 5.73 Å². The molecule has 1 aromatic heterocycles. The summed E-state index contributed by atoms with van der Waals surface area (Å²) < 4.78 is 2.55. The smallest absolute Gasteiger partial charge is 0.153 e. The van der Waals surface area contributed by atoms with Gasteiger partial charge in [0.25, 0.3) is 0 Å². The van der Waals surface area contributed by atoms with E-state index in [1.54, 1.807) is 4.68 Å². The molecule has 0 radical (unpaired) electrons. The third-order valence-electron chi connectivity index (χ3n) is 3.54. The van der Waals surface area contributed by atoms with Crippen molar-refractivity contribution in [3.8, 4) is 0 Å². The van der Waals surface area contributed by atoms with E-state index in [1.165, 1.54) is 32.1 Å². The van der Waals surface area contributed by atoms with Gasteiger partial charge in [-0.1, -0.05) is 30.9 Å². The molecule has 0 saturated heterocycles. The first-order chi connectivity index (χ1) is 7.68. The van der Waals surface area contributed by atoms with Gasteiger partial charge in [0.05, 0.1) is 5.69 Å². The van der Waals surface area contributed by atoms with Gasteiger partial charge in [0.1, 0.15) is 0 Å². The Morgan fingerprint density at radius 3 is 2.75 bits per heavy atom. The molecule has 0 aliphatic heterocycles. The maximum absolute atomic E-state index is 6.19. The Hall–Kier alpha value is -0.420. The van der Waals surface area contributed by atoms with Crippen LogP contribution in [0.15, 0.2) is 4.60 Å². The summed E-state index contributed by atoms with van der Waals surface area (Å²) in [6, 6.07) is 0.0509. The molecule has 0 bridgehead atoms. The Bertz CT molecular complexity index is 324. The first kappa shape index (κ1) is 12.0. The molecule has 1 atom stereocenters. The van der Waals surface area contributed by atoms with E-state index in [0.717, 1.165) is 22.6 Å². The molecule has 1 saturated carbocycles. The molecule has 0 aromatic carbocycles. The number of hydrogen-bond acceptors (Lipinski definition) is 3. The summed E-state index contributed by atoms with van der Waals surface area (Å²) in [5, 5.41) is 7.92. The first-order valence-corrected chi connectivity index (χ1v) is 6.78. The molecule has 1 heterocycles. The maximum Gasteiger partial charge on any atom is 0.153 e. The second kappa shape index (κ2) is 5.27. The van der Waals surface area contributed by atoms with Gasteiger partial charge in [0, 0.05) is 13.1 Å². The molecular weight excluding hydrogens is 268 g/mol. The first-order valence-electron chi connectivity index (χ1n) is 5.99. The Labute approximate surface area is 105 Å². The minimum atomic E-state index is 0.0509. The highest BCUT2D eigenvalue weighted by Gasteiger charge is 2.20. The predicted octanol–water partition coefficient (Wildman–Crippen LogP) is 2.55. The van der Waals surface area contributed by atoms with Crippen LogP contribution in [-0.2, 0) is 7.05 Å². The van der Waals surface area contributed by atoms with Crippen LogP contribution in [0.4, 0.5) is 0 Å². The van der Waals surface area contributed by atoms with Gasteiger partial charge in [-0.3, -0.25) is 0 Å². The van der Waals surface area contributed by atoms with E-state index in [2.05, 4.69) is 26.2 Å². The summed E-state index contributed by atoms with van der Waals surface area (Å²) in [4.78, 5) is 0. The van der Waals surface area contributed by atoms with Gasteiger partial charge < -0.3 is 5.73 Å². The second-order valence-electron chi connectivity index (χ2n) is 4.72.